The fraction of sp³-hybridized carbons (Fsp3) is 0.400. The van der Waals surface area contributed by atoms with Gasteiger partial charge in [0.05, 0.1) is 11.0 Å². The number of aliphatic carboxylic acids is 1. The number of aromatic nitrogens is 2. The maximum atomic E-state index is 12.2. The summed E-state index contributed by atoms with van der Waals surface area (Å²) in [5.41, 5.74) is 4.21. The Morgan fingerprint density at radius 3 is 2.50 bits per heavy atom. The maximum absolute atomic E-state index is 12.2. The number of H-pyrrole nitrogens is 1. The first-order valence-corrected chi connectivity index (χ1v) is 6.81. The number of carbonyl (C=O) groups is 2. The Bertz CT molecular complexity index is 684. The summed E-state index contributed by atoms with van der Waals surface area (Å²) in [4.78, 5) is 30.9. The minimum Gasteiger partial charge on any atom is -0.479 e. The molecule has 0 aliphatic rings. The summed E-state index contributed by atoms with van der Waals surface area (Å²) in [6.45, 7) is 4.94. The summed E-state index contributed by atoms with van der Waals surface area (Å²) in [6.07, 6.45) is -0.286. The number of nitrogens with one attached hydrogen (secondary N) is 1. The zero-order valence-corrected chi connectivity index (χ0v) is 12.7. The SMILES string of the molecule is CC(C)(C)OC(=O)C(N)(Cc1nc2ccccc2[nH]1)C(=O)O. The molecule has 0 bridgehead atoms. The van der Waals surface area contributed by atoms with Crippen LogP contribution < -0.4 is 5.73 Å². The van der Waals surface area contributed by atoms with Crippen molar-refractivity contribution in [2.45, 2.75) is 38.3 Å². The van der Waals surface area contributed by atoms with Crippen LogP contribution in [0.25, 0.3) is 11.0 Å². The van der Waals surface area contributed by atoms with Crippen molar-refractivity contribution in [1.82, 2.24) is 9.97 Å². The van der Waals surface area contributed by atoms with Gasteiger partial charge < -0.3 is 20.6 Å². The van der Waals surface area contributed by atoms with E-state index in [0.29, 0.717) is 11.3 Å². The van der Waals surface area contributed by atoms with E-state index >= 15 is 0 Å². The molecule has 1 aromatic heterocycles. The Labute approximate surface area is 127 Å². The van der Waals surface area contributed by atoms with Crippen LogP contribution in [0.2, 0.25) is 0 Å². The molecule has 7 nitrogen and oxygen atoms in total. The number of hydrogen-bond acceptors (Lipinski definition) is 5. The van der Waals surface area contributed by atoms with Gasteiger partial charge in [0.2, 0.25) is 5.54 Å². The van der Waals surface area contributed by atoms with Gasteiger partial charge in [-0.05, 0) is 32.9 Å². The van der Waals surface area contributed by atoms with E-state index in [1.54, 1.807) is 32.9 Å². The average Bonchev–Trinajstić information content (AvgIpc) is 2.78. The van der Waals surface area contributed by atoms with Crippen molar-refractivity contribution in [1.29, 1.82) is 0 Å². The number of nitrogens with two attached hydrogens (primary N) is 1. The van der Waals surface area contributed by atoms with E-state index in [1.807, 2.05) is 12.1 Å². The van der Waals surface area contributed by atoms with Crippen molar-refractivity contribution < 1.29 is 19.4 Å². The molecule has 1 atom stereocenters. The number of hydrogen-bond donors (Lipinski definition) is 3. The Morgan fingerprint density at radius 1 is 1.32 bits per heavy atom. The van der Waals surface area contributed by atoms with Crippen LogP contribution >= 0.6 is 0 Å². The molecule has 22 heavy (non-hydrogen) atoms. The fourth-order valence-corrected chi connectivity index (χ4v) is 1.96. The van der Waals surface area contributed by atoms with E-state index < -0.39 is 23.1 Å². The van der Waals surface area contributed by atoms with Crippen LogP contribution in [-0.4, -0.2) is 38.2 Å². The predicted molar refractivity (Wildman–Crippen MR) is 80.2 cm³/mol. The largest absolute Gasteiger partial charge is 0.479 e. The summed E-state index contributed by atoms with van der Waals surface area (Å²) in [6, 6.07) is 7.22. The quantitative estimate of drug-likeness (QED) is 0.577. The van der Waals surface area contributed by atoms with Gasteiger partial charge in [0, 0.05) is 6.42 Å². The highest BCUT2D eigenvalue weighted by Crippen LogP contribution is 2.19. The van der Waals surface area contributed by atoms with E-state index in [0.717, 1.165) is 5.52 Å². The smallest absolute Gasteiger partial charge is 0.338 e. The molecule has 0 fully saturated rings. The maximum Gasteiger partial charge on any atom is 0.338 e. The highest BCUT2D eigenvalue weighted by atomic mass is 16.6. The van der Waals surface area contributed by atoms with Crippen LogP contribution in [0.5, 0.6) is 0 Å². The van der Waals surface area contributed by atoms with Gasteiger partial charge in [0.15, 0.2) is 0 Å². The molecular formula is C15H19N3O4. The third kappa shape index (κ3) is 3.25. The molecule has 2 rings (SSSR count). The molecule has 0 amide bonds. The molecule has 0 saturated carbocycles. The number of carboxylic acid groups (broad SMARTS) is 1. The molecule has 0 spiro atoms. The van der Waals surface area contributed by atoms with Crippen LogP contribution in [0.15, 0.2) is 24.3 Å². The van der Waals surface area contributed by atoms with Gasteiger partial charge in [0.1, 0.15) is 11.4 Å². The molecule has 1 aromatic carbocycles. The van der Waals surface area contributed by atoms with Crippen LogP contribution in [0.3, 0.4) is 0 Å². The van der Waals surface area contributed by atoms with Gasteiger partial charge in [0.25, 0.3) is 0 Å². The molecule has 0 aliphatic heterocycles. The number of benzene rings is 1. The molecular weight excluding hydrogens is 286 g/mol. The molecule has 2 aromatic rings. The summed E-state index contributed by atoms with van der Waals surface area (Å²) < 4.78 is 5.12. The van der Waals surface area contributed by atoms with Crippen LogP contribution in [0.1, 0.15) is 26.6 Å². The summed E-state index contributed by atoms with van der Waals surface area (Å²) in [7, 11) is 0. The second-order valence-electron chi connectivity index (χ2n) is 6.16. The van der Waals surface area contributed by atoms with Crippen LogP contribution in [0, 0.1) is 0 Å². The third-order valence-corrected chi connectivity index (χ3v) is 3.03. The molecule has 7 heteroatoms. The van der Waals surface area contributed by atoms with Gasteiger partial charge in [-0.3, -0.25) is 0 Å². The van der Waals surface area contributed by atoms with E-state index in [4.69, 9.17) is 10.5 Å². The van der Waals surface area contributed by atoms with Crippen molar-refractivity contribution >= 4 is 23.0 Å². The van der Waals surface area contributed by atoms with Crippen molar-refractivity contribution in [3.63, 3.8) is 0 Å². The lowest BCUT2D eigenvalue weighted by molar-refractivity contribution is -0.169. The lowest BCUT2D eigenvalue weighted by atomic mass is 9.96. The number of ether oxygens (including phenoxy) is 1. The highest BCUT2D eigenvalue weighted by Gasteiger charge is 2.46. The molecule has 118 valence electrons. The molecule has 1 heterocycles. The standard InChI is InChI=1S/C15H19N3O4/c1-14(2,3)22-13(21)15(16,12(19)20)8-11-17-9-6-4-5-7-10(9)18-11/h4-7H,8,16H2,1-3H3,(H,17,18)(H,19,20). The molecule has 0 aliphatic carbocycles. The molecule has 1 unspecified atom stereocenters. The number of nitrogens with zero attached hydrogens (tertiary/aromatic N) is 1. The second-order valence-corrected chi connectivity index (χ2v) is 6.16. The number of fused-ring (bicyclic) bond motifs is 1. The van der Waals surface area contributed by atoms with Gasteiger partial charge in [-0.2, -0.15) is 0 Å². The van der Waals surface area contributed by atoms with Crippen molar-refractivity contribution in [2.24, 2.45) is 5.73 Å². The van der Waals surface area contributed by atoms with Crippen molar-refractivity contribution in [3.05, 3.63) is 30.1 Å². The molecule has 0 radical (unpaired) electrons. The number of rotatable bonds is 4. The van der Waals surface area contributed by atoms with Crippen molar-refractivity contribution in [3.8, 4) is 0 Å². The second kappa shape index (κ2) is 5.42. The van der Waals surface area contributed by atoms with Gasteiger partial charge in [-0.15, -0.1) is 0 Å². The number of imidazole rings is 1. The van der Waals surface area contributed by atoms with E-state index in [-0.39, 0.29) is 6.42 Å². The van der Waals surface area contributed by atoms with Crippen LogP contribution in [0.4, 0.5) is 0 Å². The van der Waals surface area contributed by atoms with E-state index in [2.05, 4.69) is 9.97 Å². The Hall–Kier alpha value is -2.41. The monoisotopic (exact) mass is 305 g/mol. The number of carbonyl (C=O) groups excluding carboxylic acids is 1. The summed E-state index contributed by atoms with van der Waals surface area (Å²) >= 11 is 0. The van der Waals surface area contributed by atoms with Crippen molar-refractivity contribution in [2.75, 3.05) is 0 Å². The third-order valence-electron chi connectivity index (χ3n) is 3.03. The minimum atomic E-state index is -2.19. The topological polar surface area (TPSA) is 118 Å². The van der Waals surface area contributed by atoms with Gasteiger partial charge >= 0.3 is 11.9 Å². The van der Waals surface area contributed by atoms with Crippen LogP contribution in [-0.2, 0) is 20.7 Å². The molecule has 0 saturated heterocycles. The fourth-order valence-electron chi connectivity index (χ4n) is 1.96. The highest BCUT2D eigenvalue weighted by molar-refractivity contribution is 6.04. The van der Waals surface area contributed by atoms with Gasteiger partial charge in [-0.1, -0.05) is 12.1 Å². The Morgan fingerprint density at radius 2 is 1.95 bits per heavy atom. The lowest BCUT2D eigenvalue weighted by Crippen LogP contribution is -2.58. The van der Waals surface area contributed by atoms with Gasteiger partial charge in [-0.25, -0.2) is 14.6 Å². The number of carboxylic acids is 1. The first kappa shape index (κ1) is 16.0. The molecule has 4 N–H and O–H groups in total. The summed E-state index contributed by atoms with van der Waals surface area (Å²) in [5, 5.41) is 9.37. The normalized spacial score (nSPS) is 14.5. The first-order valence-electron chi connectivity index (χ1n) is 6.81. The van der Waals surface area contributed by atoms with E-state index in [9.17, 15) is 14.7 Å². The average molecular weight is 305 g/mol. The zero-order chi connectivity index (χ0) is 16.5. The zero-order valence-electron chi connectivity index (χ0n) is 12.7. The number of para-hydroxylation sites is 2. The number of aromatic amines is 1. The summed E-state index contributed by atoms with van der Waals surface area (Å²) in [5.74, 6) is -2.13. The lowest BCUT2D eigenvalue weighted by Gasteiger charge is -2.27. The van der Waals surface area contributed by atoms with E-state index in [1.165, 1.54) is 0 Å². The first-order chi connectivity index (χ1) is 10.1. The number of esters is 1. The predicted octanol–water partition coefficient (Wildman–Crippen LogP) is 1.23. The minimum absolute atomic E-state index is 0.286. The Balaban J connectivity index is 2.31. The Kier molecular flexibility index (Phi) is 3.93.